The standard InChI is InChI=1S/C23H31N5O/c24-21-15-6-4-7-16(21)13-18(12-15)23(29)25-19-9-5-8-17(14-19)22-27-26-20-10-2-1-3-11-28(20)22/h5,8-9,14-16,18,21H,1-4,6-7,10-13,24H2,(H,25,29). The molecule has 5 rings (SSSR count). The van der Waals surface area contributed by atoms with E-state index in [0.717, 1.165) is 48.7 Å². The van der Waals surface area contributed by atoms with E-state index in [-0.39, 0.29) is 11.8 Å². The molecule has 3 aliphatic rings. The van der Waals surface area contributed by atoms with E-state index in [1.165, 1.54) is 38.5 Å². The third-order valence-corrected chi connectivity index (χ3v) is 7.28. The summed E-state index contributed by atoms with van der Waals surface area (Å²) in [7, 11) is 0. The lowest BCUT2D eigenvalue weighted by atomic mass is 9.65. The normalized spacial score (nSPS) is 29.0. The van der Waals surface area contributed by atoms with Gasteiger partial charge in [0.15, 0.2) is 5.82 Å². The van der Waals surface area contributed by atoms with Gasteiger partial charge in [-0.2, -0.15) is 0 Å². The summed E-state index contributed by atoms with van der Waals surface area (Å²) in [4.78, 5) is 13.0. The third kappa shape index (κ3) is 3.70. The van der Waals surface area contributed by atoms with Crippen molar-refractivity contribution in [3.8, 4) is 11.4 Å². The summed E-state index contributed by atoms with van der Waals surface area (Å²) < 4.78 is 2.25. The number of carbonyl (C=O) groups is 1. The Bertz CT molecular complexity index is 877. The molecule has 6 nitrogen and oxygen atoms in total. The van der Waals surface area contributed by atoms with Crippen molar-refractivity contribution < 1.29 is 4.79 Å². The van der Waals surface area contributed by atoms with Crippen LogP contribution >= 0.6 is 0 Å². The molecule has 3 N–H and O–H groups in total. The highest BCUT2D eigenvalue weighted by molar-refractivity contribution is 5.93. The van der Waals surface area contributed by atoms with Crippen LogP contribution in [0.2, 0.25) is 0 Å². The molecule has 1 aromatic carbocycles. The Labute approximate surface area is 172 Å². The van der Waals surface area contributed by atoms with E-state index in [2.05, 4.69) is 26.1 Å². The smallest absolute Gasteiger partial charge is 0.227 e. The van der Waals surface area contributed by atoms with Crippen LogP contribution in [0.15, 0.2) is 24.3 Å². The fourth-order valence-electron chi connectivity index (χ4n) is 5.68. The van der Waals surface area contributed by atoms with Gasteiger partial charge >= 0.3 is 0 Å². The number of fused-ring (bicyclic) bond motifs is 3. The van der Waals surface area contributed by atoms with Crippen molar-refractivity contribution in [1.82, 2.24) is 14.8 Å². The predicted octanol–water partition coefficient (Wildman–Crippen LogP) is 3.76. The number of nitrogens with two attached hydrogens (primary N) is 1. The Morgan fingerprint density at radius 1 is 1.07 bits per heavy atom. The molecule has 0 radical (unpaired) electrons. The van der Waals surface area contributed by atoms with Crippen molar-refractivity contribution in [2.75, 3.05) is 5.32 Å². The summed E-state index contributed by atoms with van der Waals surface area (Å²) in [6.45, 7) is 0.972. The third-order valence-electron chi connectivity index (χ3n) is 7.28. The van der Waals surface area contributed by atoms with E-state index < -0.39 is 0 Å². The molecular formula is C23H31N5O. The Kier molecular flexibility index (Phi) is 5.12. The first kappa shape index (κ1) is 18.8. The highest BCUT2D eigenvalue weighted by Crippen LogP contribution is 2.42. The van der Waals surface area contributed by atoms with Crippen LogP contribution < -0.4 is 11.1 Å². The number of aryl methyl sites for hydroxylation is 1. The van der Waals surface area contributed by atoms with Gasteiger partial charge in [0.2, 0.25) is 5.91 Å². The molecular weight excluding hydrogens is 362 g/mol. The van der Waals surface area contributed by atoms with Gasteiger partial charge in [0.25, 0.3) is 0 Å². The fraction of sp³-hybridized carbons (Fsp3) is 0.609. The molecule has 1 aliphatic heterocycles. The first-order chi connectivity index (χ1) is 14.2. The monoisotopic (exact) mass is 393 g/mol. The molecule has 1 aromatic heterocycles. The topological polar surface area (TPSA) is 85.8 Å². The van der Waals surface area contributed by atoms with Gasteiger partial charge in [-0.05, 0) is 62.5 Å². The molecule has 2 fully saturated rings. The largest absolute Gasteiger partial charge is 0.327 e. The number of amides is 1. The zero-order chi connectivity index (χ0) is 19.8. The van der Waals surface area contributed by atoms with Crippen LogP contribution in [0.5, 0.6) is 0 Å². The van der Waals surface area contributed by atoms with E-state index in [1.54, 1.807) is 0 Å². The van der Waals surface area contributed by atoms with E-state index in [1.807, 2.05) is 18.2 Å². The Morgan fingerprint density at radius 3 is 2.72 bits per heavy atom. The van der Waals surface area contributed by atoms with Gasteiger partial charge in [0, 0.05) is 36.2 Å². The molecule has 2 unspecified atom stereocenters. The van der Waals surface area contributed by atoms with Crippen molar-refractivity contribution in [3.05, 3.63) is 30.1 Å². The fourth-order valence-corrected chi connectivity index (χ4v) is 5.68. The number of hydrogen-bond acceptors (Lipinski definition) is 4. The maximum atomic E-state index is 13.0. The SMILES string of the molecule is NC1C2CCCC1CC(C(=O)Nc1cccc(-c3nnc4n3CCCCC4)c1)C2. The van der Waals surface area contributed by atoms with Gasteiger partial charge in [-0.25, -0.2) is 0 Å². The zero-order valence-corrected chi connectivity index (χ0v) is 17.0. The van der Waals surface area contributed by atoms with Gasteiger partial charge in [-0.15, -0.1) is 10.2 Å². The first-order valence-electron chi connectivity index (χ1n) is 11.3. The van der Waals surface area contributed by atoms with Crippen molar-refractivity contribution >= 4 is 11.6 Å². The van der Waals surface area contributed by atoms with Crippen LogP contribution in [0.4, 0.5) is 5.69 Å². The molecule has 2 saturated carbocycles. The predicted molar refractivity (Wildman–Crippen MR) is 113 cm³/mol. The zero-order valence-electron chi connectivity index (χ0n) is 17.0. The lowest BCUT2D eigenvalue weighted by molar-refractivity contribution is -0.122. The average molecular weight is 394 g/mol. The van der Waals surface area contributed by atoms with Gasteiger partial charge in [0.05, 0.1) is 0 Å². The molecule has 2 atom stereocenters. The van der Waals surface area contributed by atoms with Gasteiger partial charge < -0.3 is 15.6 Å². The van der Waals surface area contributed by atoms with E-state index in [9.17, 15) is 4.79 Å². The second-order valence-corrected chi connectivity index (χ2v) is 9.17. The average Bonchev–Trinajstić information content (AvgIpc) is 2.96. The summed E-state index contributed by atoms with van der Waals surface area (Å²) in [5, 5.41) is 12.0. The van der Waals surface area contributed by atoms with Crippen LogP contribution in [0.25, 0.3) is 11.4 Å². The summed E-state index contributed by atoms with van der Waals surface area (Å²) in [5.74, 6) is 3.24. The molecule has 6 heteroatoms. The van der Waals surface area contributed by atoms with E-state index in [4.69, 9.17) is 5.73 Å². The number of nitrogens with zero attached hydrogens (tertiary/aromatic N) is 3. The number of rotatable bonds is 3. The highest BCUT2D eigenvalue weighted by atomic mass is 16.1. The van der Waals surface area contributed by atoms with Crippen molar-refractivity contribution in [3.63, 3.8) is 0 Å². The molecule has 1 amide bonds. The Hall–Kier alpha value is -2.21. The molecule has 154 valence electrons. The number of benzene rings is 1. The number of anilines is 1. The van der Waals surface area contributed by atoms with Gasteiger partial charge in [-0.1, -0.05) is 25.0 Å². The summed E-state index contributed by atoms with van der Waals surface area (Å²) in [5.41, 5.74) is 8.26. The number of aromatic nitrogens is 3. The second kappa shape index (κ2) is 7.90. The van der Waals surface area contributed by atoms with E-state index >= 15 is 0 Å². The minimum absolute atomic E-state index is 0.0816. The maximum Gasteiger partial charge on any atom is 0.227 e. The minimum atomic E-state index is 0.0816. The molecule has 0 spiro atoms. The van der Waals surface area contributed by atoms with Crippen LogP contribution in [-0.2, 0) is 17.8 Å². The minimum Gasteiger partial charge on any atom is -0.327 e. The lowest BCUT2D eigenvalue weighted by Gasteiger charge is -2.43. The molecule has 29 heavy (non-hydrogen) atoms. The molecule has 0 saturated heterocycles. The molecule has 2 aromatic rings. The number of carbonyl (C=O) groups excluding carboxylic acids is 1. The van der Waals surface area contributed by atoms with Crippen molar-refractivity contribution in [2.45, 2.75) is 70.4 Å². The van der Waals surface area contributed by atoms with Crippen LogP contribution in [0.3, 0.4) is 0 Å². The molecule has 2 bridgehead atoms. The van der Waals surface area contributed by atoms with Gasteiger partial charge in [0.1, 0.15) is 5.82 Å². The maximum absolute atomic E-state index is 13.0. The van der Waals surface area contributed by atoms with Gasteiger partial charge in [-0.3, -0.25) is 4.79 Å². The van der Waals surface area contributed by atoms with Crippen molar-refractivity contribution in [1.29, 1.82) is 0 Å². The highest BCUT2D eigenvalue weighted by Gasteiger charge is 2.40. The summed E-state index contributed by atoms with van der Waals surface area (Å²) in [6.07, 6.45) is 10.1. The summed E-state index contributed by atoms with van der Waals surface area (Å²) in [6, 6.07) is 8.35. The van der Waals surface area contributed by atoms with E-state index in [0.29, 0.717) is 17.9 Å². The van der Waals surface area contributed by atoms with Crippen LogP contribution in [0.1, 0.15) is 57.2 Å². The lowest BCUT2D eigenvalue weighted by Crippen LogP contribution is -2.48. The summed E-state index contributed by atoms with van der Waals surface area (Å²) >= 11 is 0. The quantitative estimate of drug-likeness (QED) is 0.831. The van der Waals surface area contributed by atoms with Crippen molar-refractivity contribution in [2.24, 2.45) is 23.5 Å². The second-order valence-electron chi connectivity index (χ2n) is 9.17. The number of nitrogens with one attached hydrogen (secondary N) is 1. The Balaban J connectivity index is 1.32. The van der Waals surface area contributed by atoms with Crippen LogP contribution in [0, 0.1) is 17.8 Å². The number of hydrogen-bond donors (Lipinski definition) is 2. The van der Waals surface area contributed by atoms with Crippen LogP contribution in [-0.4, -0.2) is 26.7 Å². The first-order valence-corrected chi connectivity index (χ1v) is 11.3. The molecule has 2 aliphatic carbocycles. The Morgan fingerprint density at radius 2 is 1.90 bits per heavy atom. The molecule has 2 heterocycles.